The molecule has 2 aromatic rings. The van der Waals surface area contributed by atoms with Crippen LogP contribution in [0.25, 0.3) is 0 Å². The zero-order chi connectivity index (χ0) is 24.9. The lowest BCUT2D eigenvalue weighted by molar-refractivity contribution is -0.139. The first-order valence-electron chi connectivity index (χ1n) is 11.1. The van der Waals surface area contributed by atoms with Crippen LogP contribution in [-0.2, 0) is 26.2 Å². The summed E-state index contributed by atoms with van der Waals surface area (Å²) in [4.78, 5) is 27.9. The van der Waals surface area contributed by atoms with Crippen LogP contribution in [0.5, 0.6) is 0 Å². The molecule has 10 heteroatoms. The van der Waals surface area contributed by atoms with Crippen molar-refractivity contribution in [1.82, 2.24) is 10.2 Å². The number of carbonyl (C=O) groups is 2. The molecule has 1 fully saturated rings. The third-order valence-corrected chi connectivity index (χ3v) is 7.46. The van der Waals surface area contributed by atoms with Crippen molar-refractivity contribution < 1.29 is 18.0 Å². The summed E-state index contributed by atoms with van der Waals surface area (Å²) in [7, 11) is -3.85. The number of rotatable bonds is 9. The summed E-state index contributed by atoms with van der Waals surface area (Å²) in [6.07, 6.45) is 4.98. The molecule has 184 valence electrons. The van der Waals surface area contributed by atoms with Gasteiger partial charge in [-0.3, -0.25) is 13.9 Å². The van der Waals surface area contributed by atoms with Crippen molar-refractivity contribution in [2.75, 3.05) is 17.1 Å². The number of nitrogens with one attached hydrogen (secondary N) is 1. The molecule has 0 aromatic heterocycles. The summed E-state index contributed by atoms with van der Waals surface area (Å²) in [6, 6.07) is 12.9. The maximum Gasteiger partial charge on any atom is 0.244 e. The largest absolute Gasteiger partial charge is 0.352 e. The lowest BCUT2D eigenvalue weighted by Gasteiger charge is -2.32. The highest BCUT2D eigenvalue weighted by molar-refractivity contribution is 7.92. The quantitative estimate of drug-likeness (QED) is 0.530. The van der Waals surface area contributed by atoms with E-state index in [9.17, 15) is 18.0 Å². The molecule has 0 heterocycles. The molecular weight excluding hydrogens is 497 g/mol. The van der Waals surface area contributed by atoms with Gasteiger partial charge in [-0.05, 0) is 43.5 Å². The van der Waals surface area contributed by atoms with Crippen molar-refractivity contribution in [1.29, 1.82) is 0 Å². The first kappa shape index (κ1) is 26.3. The number of benzene rings is 2. The Morgan fingerprint density at radius 3 is 2.21 bits per heavy atom. The van der Waals surface area contributed by atoms with Gasteiger partial charge in [0.2, 0.25) is 21.8 Å². The van der Waals surface area contributed by atoms with Crippen LogP contribution in [0.15, 0.2) is 48.5 Å². The standard InChI is InChI=1S/C24H29Cl2N3O4S/c1-17(24(31)27-21-10-6-7-11-21)28(15-18-8-4-3-5-9-18)23(30)16-29(34(2,32)33)22-13-19(25)12-20(26)14-22/h3-5,8-9,12-14,17,21H,6-7,10-11,15-16H2,1-2H3,(H,27,31). The third kappa shape index (κ3) is 7.10. The lowest BCUT2D eigenvalue weighted by atomic mass is 10.1. The van der Waals surface area contributed by atoms with E-state index in [4.69, 9.17) is 23.2 Å². The van der Waals surface area contributed by atoms with E-state index in [1.807, 2.05) is 30.3 Å². The first-order chi connectivity index (χ1) is 16.0. The molecule has 1 N–H and O–H groups in total. The molecule has 34 heavy (non-hydrogen) atoms. The van der Waals surface area contributed by atoms with E-state index in [0.717, 1.165) is 41.8 Å². The summed E-state index contributed by atoms with van der Waals surface area (Å²) >= 11 is 12.1. The Hall–Kier alpha value is -2.29. The molecule has 0 spiro atoms. The summed E-state index contributed by atoms with van der Waals surface area (Å²) < 4.78 is 26.1. The Labute approximate surface area is 211 Å². The van der Waals surface area contributed by atoms with Crippen molar-refractivity contribution in [3.8, 4) is 0 Å². The van der Waals surface area contributed by atoms with Crippen molar-refractivity contribution in [2.24, 2.45) is 0 Å². The Bertz CT molecular complexity index is 1100. The van der Waals surface area contributed by atoms with Crippen molar-refractivity contribution in [3.05, 3.63) is 64.1 Å². The van der Waals surface area contributed by atoms with Gasteiger partial charge in [-0.25, -0.2) is 8.42 Å². The smallest absolute Gasteiger partial charge is 0.244 e. The maximum absolute atomic E-state index is 13.5. The van der Waals surface area contributed by atoms with Crippen molar-refractivity contribution in [2.45, 2.75) is 51.2 Å². The molecule has 1 unspecified atom stereocenters. The van der Waals surface area contributed by atoms with Gasteiger partial charge in [0.15, 0.2) is 0 Å². The van der Waals surface area contributed by atoms with Crippen molar-refractivity contribution in [3.63, 3.8) is 0 Å². The number of anilines is 1. The van der Waals surface area contributed by atoms with E-state index >= 15 is 0 Å². The minimum absolute atomic E-state index is 0.102. The van der Waals surface area contributed by atoms with E-state index in [2.05, 4.69) is 5.32 Å². The lowest BCUT2D eigenvalue weighted by Crippen LogP contribution is -2.52. The molecule has 0 bridgehead atoms. The molecule has 0 radical (unpaired) electrons. The average molecular weight is 526 g/mol. The maximum atomic E-state index is 13.5. The second-order valence-corrected chi connectivity index (χ2v) is 11.4. The monoisotopic (exact) mass is 525 g/mol. The van der Waals surface area contributed by atoms with Crippen LogP contribution in [-0.4, -0.2) is 50.0 Å². The number of carbonyl (C=O) groups excluding carboxylic acids is 2. The van der Waals surface area contributed by atoms with Crippen LogP contribution in [0.1, 0.15) is 38.2 Å². The predicted octanol–water partition coefficient (Wildman–Crippen LogP) is 4.24. The fourth-order valence-electron chi connectivity index (χ4n) is 4.05. The highest BCUT2D eigenvalue weighted by atomic mass is 35.5. The van der Waals surface area contributed by atoms with Gasteiger partial charge in [0.1, 0.15) is 12.6 Å². The van der Waals surface area contributed by atoms with Crippen LogP contribution >= 0.6 is 23.2 Å². The van der Waals surface area contributed by atoms with Gasteiger partial charge in [-0.2, -0.15) is 0 Å². The molecule has 7 nitrogen and oxygen atoms in total. The van der Waals surface area contributed by atoms with Gasteiger partial charge in [0, 0.05) is 22.6 Å². The number of halogens is 2. The normalized spacial score (nSPS) is 15.1. The number of nitrogens with zero attached hydrogens (tertiary/aromatic N) is 2. The third-order valence-electron chi connectivity index (χ3n) is 5.88. The van der Waals surface area contributed by atoms with Gasteiger partial charge in [0.05, 0.1) is 11.9 Å². The summed E-state index contributed by atoms with van der Waals surface area (Å²) in [5.41, 5.74) is 1.00. The van der Waals surface area contributed by atoms with Gasteiger partial charge in [-0.1, -0.05) is 66.4 Å². The number of hydrogen-bond donors (Lipinski definition) is 1. The molecule has 2 amide bonds. The van der Waals surface area contributed by atoms with Gasteiger partial charge < -0.3 is 10.2 Å². The topological polar surface area (TPSA) is 86.8 Å². The van der Waals surface area contributed by atoms with Crippen molar-refractivity contribution >= 4 is 50.7 Å². The summed E-state index contributed by atoms with van der Waals surface area (Å²) in [6.45, 7) is 1.32. The fourth-order valence-corrected chi connectivity index (χ4v) is 5.40. The zero-order valence-electron chi connectivity index (χ0n) is 19.2. The second kappa shape index (κ2) is 11.4. The van der Waals surface area contributed by atoms with Gasteiger partial charge in [0.25, 0.3) is 0 Å². The van der Waals surface area contributed by atoms with Crippen LogP contribution in [0, 0.1) is 0 Å². The highest BCUT2D eigenvalue weighted by Crippen LogP contribution is 2.27. The van der Waals surface area contributed by atoms with Gasteiger partial charge >= 0.3 is 0 Å². The summed E-state index contributed by atoms with van der Waals surface area (Å²) in [5.74, 6) is -0.771. The second-order valence-electron chi connectivity index (χ2n) is 8.57. The van der Waals surface area contributed by atoms with Crippen LogP contribution in [0.2, 0.25) is 10.0 Å². The predicted molar refractivity (Wildman–Crippen MR) is 136 cm³/mol. The molecule has 1 atom stereocenters. The Balaban J connectivity index is 1.88. The molecule has 0 aliphatic heterocycles. The highest BCUT2D eigenvalue weighted by Gasteiger charge is 2.31. The van der Waals surface area contributed by atoms with E-state index in [-0.39, 0.29) is 34.2 Å². The SMILES string of the molecule is CC(C(=O)NC1CCCC1)N(Cc1ccccc1)C(=O)CN(c1cc(Cl)cc(Cl)c1)S(C)(=O)=O. The molecular formula is C24H29Cl2N3O4S. The van der Waals surface area contributed by atoms with E-state index < -0.39 is 28.5 Å². The fraction of sp³-hybridized carbons (Fsp3) is 0.417. The molecule has 1 aliphatic rings. The van der Waals surface area contributed by atoms with E-state index in [0.29, 0.717) is 0 Å². The Morgan fingerprint density at radius 2 is 1.65 bits per heavy atom. The van der Waals surface area contributed by atoms with E-state index in [1.165, 1.54) is 23.1 Å². The molecule has 1 aliphatic carbocycles. The Kier molecular flexibility index (Phi) is 8.84. The molecule has 1 saturated carbocycles. The average Bonchev–Trinajstić information content (AvgIpc) is 3.27. The Morgan fingerprint density at radius 1 is 1.06 bits per heavy atom. The van der Waals surface area contributed by atoms with Crippen LogP contribution in [0.3, 0.4) is 0 Å². The van der Waals surface area contributed by atoms with Gasteiger partial charge in [-0.15, -0.1) is 0 Å². The zero-order valence-corrected chi connectivity index (χ0v) is 21.5. The molecule has 2 aromatic carbocycles. The minimum atomic E-state index is -3.85. The van der Waals surface area contributed by atoms with Crippen LogP contribution in [0.4, 0.5) is 5.69 Å². The number of hydrogen-bond acceptors (Lipinski definition) is 4. The van der Waals surface area contributed by atoms with Crippen LogP contribution < -0.4 is 9.62 Å². The molecule has 3 rings (SSSR count). The number of amides is 2. The minimum Gasteiger partial charge on any atom is -0.352 e. The summed E-state index contributed by atoms with van der Waals surface area (Å²) in [5, 5.41) is 3.52. The van der Waals surface area contributed by atoms with E-state index in [1.54, 1.807) is 6.92 Å². The molecule has 0 saturated heterocycles. The number of sulfonamides is 1. The first-order valence-corrected chi connectivity index (χ1v) is 13.7.